The van der Waals surface area contributed by atoms with E-state index in [0.717, 1.165) is 24.3 Å². The summed E-state index contributed by atoms with van der Waals surface area (Å²) in [6.07, 6.45) is 0. The SMILES string of the molecule is O=C(Nc1cc([N+](=O)[O-])ccc1O)c1cc(F)ccc1Br. The van der Waals surface area contributed by atoms with E-state index in [4.69, 9.17) is 0 Å². The zero-order valence-corrected chi connectivity index (χ0v) is 11.9. The number of amides is 1. The van der Waals surface area contributed by atoms with Crippen LogP contribution in [0.25, 0.3) is 0 Å². The van der Waals surface area contributed by atoms with E-state index in [2.05, 4.69) is 21.2 Å². The normalized spacial score (nSPS) is 10.2. The molecule has 0 saturated heterocycles. The zero-order chi connectivity index (χ0) is 15.6. The van der Waals surface area contributed by atoms with Gasteiger partial charge in [0.05, 0.1) is 16.2 Å². The third-order valence-corrected chi connectivity index (χ3v) is 3.30. The second kappa shape index (κ2) is 5.88. The van der Waals surface area contributed by atoms with Gasteiger partial charge in [-0.25, -0.2) is 4.39 Å². The van der Waals surface area contributed by atoms with Gasteiger partial charge in [0.1, 0.15) is 11.6 Å². The van der Waals surface area contributed by atoms with Crippen molar-refractivity contribution in [2.45, 2.75) is 0 Å². The van der Waals surface area contributed by atoms with Crippen LogP contribution in [0, 0.1) is 15.9 Å². The average Bonchev–Trinajstić information content (AvgIpc) is 2.43. The summed E-state index contributed by atoms with van der Waals surface area (Å²) in [5.74, 6) is -1.65. The molecule has 8 heteroatoms. The number of nitrogens with one attached hydrogen (secondary N) is 1. The van der Waals surface area contributed by atoms with Crippen molar-refractivity contribution in [1.82, 2.24) is 0 Å². The maximum absolute atomic E-state index is 13.2. The van der Waals surface area contributed by atoms with Gasteiger partial charge in [-0.05, 0) is 40.2 Å². The molecule has 2 aromatic carbocycles. The van der Waals surface area contributed by atoms with Gasteiger partial charge in [0.15, 0.2) is 0 Å². The fraction of sp³-hybridized carbons (Fsp3) is 0. The molecule has 0 spiro atoms. The highest BCUT2D eigenvalue weighted by atomic mass is 79.9. The Kier molecular flexibility index (Phi) is 4.18. The molecule has 0 aliphatic carbocycles. The number of carbonyl (C=O) groups is 1. The second-order valence-electron chi connectivity index (χ2n) is 4.04. The molecule has 2 N–H and O–H groups in total. The molecule has 21 heavy (non-hydrogen) atoms. The summed E-state index contributed by atoms with van der Waals surface area (Å²) >= 11 is 3.10. The lowest BCUT2D eigenvalue weighted by Crippen LogP contribution is -2.13. The summed E-state index contributed by atoms with van der Waals surface area (Å²) in [5.41, 5.74) is -0.423. The summed E-state index contributed by atoms with van der Waals surface area (Å²) in [6, 6.07) is 6.74. The number of nitro groups is 1. The maximum atomic E-state index is 13.2. The number of non-ortho nitro benzene ring substituents is 1. The van der Waals surface area contributed by atoms with Gasteiger partial charge in [0, 0.05) is 16.6 Å². The molecule has 0 bridgehead atoms. The number of nitro benzene ring substituents is 1. The first-order valence-corrected chi connectivity index (χ1v) is 6.41. The standard InChI is InChI=1S/C13H8BrFN2O4/c14-10-3-1-7(15)5-9(10)13(19)16-11-6-8(17(20)21)2-4-12(11)18/h1-6,18H,(H,16,19). The number of hydrogen-bond acceptors (Lipinski definition) is 4. The van der Waals surface area contributed by atoms with E-state index < -0.39 is 16.6 Å². The van der Waals surface area contributed by atoms with Crippen LogP contribution in [0.2, 0.25) is 0 Å². The average molecular weight is 355 g/mol. The number of hydrogen-bond donors (Lipinski definition) is 2. The van der Waals surface area contributed by atoms with E-state index in [0.29, 0.717) is 4.47 Å². The van der Waals surface area contributed by atoms with Crippen LogP contribution >= 0.6 is 15.9 Å². The quantitative estimate of drug-likeness (QED) is 0.501. The van der Waals surface area contributed by atoms with Crippen molar-refractivity contribution in [2.24, 2.45) is 0 Å². The van der Waals surface area contributed by atoms with Gasteiger partial charge in [0.25, 0.3) is 11.6 Å². The number of carbonyl (C=O) groups excluding carboxylic acids is 1. The van der Waals surface area contributed by atoms with E-state index >= 15 is 0 Å². The largest absolute Gasteiger partial charge is 0.506 e. The number of benzene rings is 2. The molecule has 0 unspecified atom stereocenters. The summed E-state index contributed by atoms with van der Waals surface area (Å²) in [4.78, 5) is 22.0. The minimum absolute atomic E-state index is 0.000839. The highest BCUT2D eigenvalue weighted by Crippen LogP contribution is 2.29. The number of halogens is 2. The number of rotatable bonds is 3. The summed E-state index contributed by atoms with van der Waals surface area (Å²) in [7, 11) is 0. The molecular weight excluding hydrogens is 347 g/mol. The molecule has 108 valence electrons. The predicted octanol–water partition coefficient (Wildman–Crippen LogP) is 3.45. The fourth-order valence-corrected chi connectivity index (χ4v) is 2.03. The minimum Gasteiger partial charge on any atom is -0.506 e. The highest BCUT2D eigenvalue weighted by Gasteiger charge is 2.16. The van der Waals surface area contributed by atoms with E-state index in [9.17, 15) is 24.4 Å². The van der Waals surface area contributed by atoms with Gasteiger partial charge in [-0.1, -0.05) is 0 Å². The van der Waals surface area contributed by atoms with Gasteiger partial charge >= 0.3 is 0 Å². The number of phenolic OH excluding ortho intramolecular Hbond substituents is 1. The smallest absolute Gasteiger partial charge is 0.271 e. The number of phenols is 1. The van der Waals surface area contributed by atoms with Crippen molar-refractivity contribution < 1.29 is 19.2 Å². The van der Waals surface area contributed by atoms with Crippen LogP contribution in [-0.4, -0.2) is 15.9 Å². The Morgan fingerprint density at radius 2 is 2.00 bits per heavy atom. The molecule has 0 aliphatic rings. The second-order valence-corrected chi connectivity index (χ2v) is 4.89. The maximum Gasteiger partial charge on any atom is 0.271 e. The fourth-order valence-electron chi connectivity index (χ4n) is 1.60. The first-order valence-electron chi connectivity index (χ1n) is 5.62. The van der Waals surface area contributed by atoms with E-state index in [-0.39, 0.29) is 22.7 Å². The molecule has 0 atom stereocenters. The van der Waals surface area contributed by atoms with Crippen LogP contribution in [0.4, 0.5) is 15.8 Å². The summed E-state index contributed by atoms with van der Waals surface area (Å²) in [5, 5.41) is 22.6. The van der Waals surface area contributed by atoms with Crippen molar-refractivity contribution in [3.63, 3.8) is 0 Å². The predicted molar refractivity (Wildman–Crippen MR) is 76.8 cm³/mol. The Morgan fingerprint density at radius 1 is 1.29 bits per heavy atom. The third-order valence-electron chi connectivity index (χ3n) is 2.61. The van der Waals surface area contributed by atoms with Gasteiger partial charge in [-0.2, -0.15) is 0 Å². The van der Waals surface area contributed by atoms with E-state index in [1.807, 2.05) is 0 Å². The van der Waals surface area contributed by atoms with Gasteiger partial charge in [-0.3, -0.25) is 14.9 Å². The number of nitrogens with zero attached hydrogens (tertiary/aromatic N) is 1. The highest BCUT2D eigenvalue weighted by molar-refractivity contribution is 9.10. The van der Waals surface area contributed by atoms with Crippen LogP contribution in [0.1, 0.15) is 10.4 Å². The van der Waals surface area contributed by atoms with Crippen LogP contribution in [0.15, 0.2) is 40.9 Å². The van der Waals surface area contributed by atoms with Crippen LogP contribution < -0.4 is 5.32 Å². The molecule has 0 aliphatic heterocycles. The van der Waals surface area contributed by atoms with Gasteiger partial charge in [-0.15, -0.1) is 0 Å². The Morgan fingerprint density at radius 3 is 2.67 bits per heavy atom. The first kappa shape index (κ1) is 14.9. The van der Waals surface area contributed by atoms with Crippen molar-refractivity contribution in [2.75, 3.05) is 5.32 Å². The monoisotopic (exact) mass is 354 g/mol. The van der Waals surface area contributed by atoms with Crippen molar-refractivity contribution in [1.29, 1.82) is 0 Å². The Labute approximate surface area is 126 Å². The van der Waals surface area contributed by atoms with E-state index in [1.165, 1.54) is 12.1 Å². The first-order chi connectivity index (χ1) is 9.88. The summed E-state index contributed by atoms with van der Waals surface area (Å²) in [6.45, 7) is 0. The molecule has 2 aromatic rings. The molecule has 0 saturated carbocycles. The number of anilines is 1. The van der Waals surface area contributed by atoms with Crippen LogP contribution in [0.3, 0.4) is 0 Å². The van der Waals surface area contributed by atoms with Crippen LogP contribution in [0.5, 0.6) is 5.75 Å². The summed E-state index contributed by atoms with van der Waals surface area (Å²) < 4.78 is 13.5. The lowest BCUT2D eigenvalue weighted by atomic mass is 10.2. The lowest BCUT2D eigenvalue weighted by molar-refractivity contribution is -0.384. The minimum atomic E-state index is -0.711. The zero-order valence-electron chi connectivity index (χ0n) is 10.3. The Hall–Kier alpha value is -2.48. The molecule has 0 aromatic heterocycles. The molecule has 2 rings (SSSR count). The Bertz CT molecular complexity index is 736. The lowest BCUT2D eigenvalue weighted by Gasteiger charge is -2.08. The Balaban J connectivity index is 2.33. The third kappa shape index (κ3) is 3.34. The molecule has 6 nitrogen and oxygen atoms in total. The molecular formula is C13H8BrFN2O4. The topological polar surface area (TPSA) is 92.5 Å². The van der Waals surface area contributed by atoms with Gasteiger partial charge in [0.2, 0.25) is 0 Å². The van der Waals surface area contributed by atoms with Crippen molar-refractivity contribution >= 4 is 33.2 Å². The molecule has 0 heterocycles. The van der Waals surface area contributed by atoms with Crippen LogP contribution in [-0.2, 0) is 0 Å². The number of aromatic hydroxyl groups is 1. The molecule has 0 radical (unpaired) electrons. The molecule has 0 fully saturated rings. The van der Waals surface area contributed by atoms with Crippen molar-refractivity contribution in [3.05, 3.63) is 62.4 Å². The van der Waals surface area contributed by atoms with Gasteiger partial charge < -0.3 is 10.4 Å². The molecule has 1 amide bonds. The van der Waals surface area contributed by atoms with E-state index in [1.54, 1.807) is 0 Å². The van der Waals surface area contributed by atoms with Crippen molar-refractivity contribution in [3.8, 4) is 5.75 Å².